The number of carbonyl (C=O) groups is 1. The molecule has 27 heavy (non-hydrogen) atoms. The van der Waals surface area contributed by atoms with E-state index in [1.165, 1.54) is 0 Å². The summed E-state index contributed by atoms with van der Waals surface area (Å²) in [6, 6.07) is 11.8. The number of amides is 1. The third-order valence-corrected chi connectivity index (χ3v) is 4.85. The number of halogens is 1. The number of carbonyl (C=O) groups excluding carboxylic acids is 1. The summed E-state index contributed by atoms with van der Waals surface area (Å²) >= 11 is 3.45. The fourth-order valence-corrected chi connectivity index (χ4v) is 3.41. The lowest BCUT2D eigenvalue weighted by molar-refractivity contribution is 0.0303. The topological polar surface area (TPSA) is 61.7 Å². The first-order valence-corrected chi connectivity index (χ1v) is 9.62. The molecule has 1 aromatic heterocycles. The second kappa shape index (κ2) is 7.75. The molecule has 7 heteroatoms. The first kappa shape index (κ1) is 19.5. The highest BCUT2D eigenvalue weighted by molar-refractivity contribution is 9.10. The second-order valence-electron chi connectivity index (χ2n) is 7.63. The number of benzene rings is 1. The quantitative estimate of drug-likeness (QED) is 0.679. The van der Waals surface area contributed by atoms with Crippen LogP contribution in [0.25, 0.3) is 16.1 Å². The van der Waals surface area contributed by atoms with Gasteiger partial charge in [0, 0.05) is 22.3 Å². The Morgan fingerprint density at radius 1 is 1.30 bits per heavy atom. The fraction of sp³-hybridized carbons (Fsp3) is 0.400. The van der Waals surface area contributed by atoms with Crippen LogP contribution >= 0.6 is 15.9 Å². The van der Waals surface area contributed by atoms with Crippen LogP contribution in [0.2, 0.25) is 0 Å². The Bertz CT molecular complexity index is 848. The Morgan fingerprint density at radius 3 is 2.63 bits per heavy atom. The molecule has 142 valence electrons. The molecule has 1 fully saturated rings. The molecule has 0 aliphatic carbocycles. The van der Waals surface area contributed by atoms with E-state index < -0.39 is 11.7 Å². The van der Waals surface area contributed by atoms with Crippen LogP contribution in [0.4, 0.5) is 4.79 Å². The molecule has 1 unspecified atom stereocenters. The zero-order valence-corrected chi connectivity index (χ0v) is 17.2. The number of hydrogen-bond donors (Lipinski definition) is 2. The summed E-state index contributed by atoms with van der Waals surface area (Å²) < 4.78 is 6.38. The van der Waals surface area contributed by atoms with E-state index in [2.05, 4.69) is 31.2 Å². The monoisotopic (exact) mass is 430 g/mol. The molecule has 0 spiro atoms. The molecule has 1 aliphatic heterocycles. The largest absolute Gasteiger partial charge is 0.443 e. The van der Waals surface area contributed by atoms with Crippen molar-refractivity contribution in [2.75, 3.05) is 6.54 Å². The van der Waals surface area contributed by atoms with Crippen LogP contribution in [0.3, 0.4) is 0 Å². The van der Waals surface area contributed by atoms with Crippen LogP contribution in [-0.4, -0.2) is 34.3 Å². The van der Waals surface area contributed by atoms with Crippen molar-refractivity contribution in [1.29, 1.82) is 0 Å². The first-order chi connectivity index (χ1) is 12.7. The van der Waals surface area contributed by atoms with E-state index in [0.29, 0.717) is 13.0 Å². The predicted octanol–water partition coefficient (Wildman–Crippen LogP) is 4.92. The van der Waals surface area contributed by atoms with Crippen molar-refractivity contribution in [2.45, 2.75) is 44.9 Å². The van der Waals surface area contributed by atoms with Crippen molar-refractivity contribution in [2.24, 2.45) is 0 Å². The minimum atomic E-state index is -0.570. The Balaban J connectivity index is 1.77. The van der Waals surface area contributed by atoms with Crippen molar-refractivity contribution in [3.8, 4) is 11.3 Å². The number of aromatic amines is 1. The van der Waals surface area contributed by atoms with Crippen molar-refractivity contribution < 1.29 is 9.53 Å². The maximum absolute atomic E-state index is 12.2. The van der Waals surface area contributed by atoms with Gasteiger partial charge in [0.2, 0.25) is 6.04 Å². The summed E-state index contributed by atoms with van der Waals surface area (Å²) in [6.45, 7) is 13.3. The zero-order chi connectivity index (χ0) is 19.6. The number of ether oxygens (including phenoxy) is 1. The van der Waals surface area contributed by atoms with E-state index in [9.17, 15) is 4.79 Å². The van der Waals surface area contributed by atoms with E-state index in [1.54, 1.807) is 5.01 Å². The SMILES string of the molecule is [C-]#[N+][C@H]1CC(c2ccc(-c3ccc(Br)cc3)[nH]2)N(NC(=O)OC(C)(C)C)C1. The number of aromatic nitrogens is 1. The van der Waals surface area contributed by atoms with Crippen LogP contribution in [-0.2, 0) is 4.74 Å². The third-order valence-electron chi connectivity index (χ3n) is 4.32. The van der Waals surface area contributed by atoms with Crippen LogP contribution in [0.15, 0.2) is 40.9 Å². The molecule has 3 rings (SSSR count). The number of H-pyrrole nitrogens is 1. The van der Waals surface area contributed by atoms with Gasteiger partial charge >= 0.3 is 6.09 Å². The number of nitrogens with one attached hydrogen (secondary N) is 2. The molecule has 0 radical (unpaired) electrons. The molecule has 2 atom stereocenters. The van der Waals surface area contributed by atoms with Gasteiger partial charge in [0.05, 0.1) is 12.6 Å². The van der Waals surface area contributed by atoms with Gasteiger partial charge in [-0.15, -0.1) is 0 Å². The average Bonchev–Trinajstić information content (AvgIpc) is 3.20. The summed E-state index contributed by atoms with van der Waals surface area (Å²) in [7, 11) is 0. The number of hydrogen-bond acceptors (Lipinski definition) is 3. The smallest absolute Gasteiger partial charge is 0.422 e. The normalized spacial score (nSPS) is 20.3. The van der Waals surface area contributed by atoms with Gasteiger partial charge in [-0.05, 0) is 50.6 Å². The van der Waals surface area contributed by atoms with E-state index >= 15 is 0 Å². The van der Waals surface area contributed by atoms with E-state index in [-0.39, 0.29) is 12.1 Å². The molecule has 1 aromatic carbocycles. The number of nitrogens with zero attached hydrogens (tertiary/aromatic N) is 2. The van der Waals surface area contributed by atoms with Gasteiger partial charge in [-0.1, -0.05) is 28.1 Å². The molecule has 6 nitrogen and oxygen atoms in total. The van der Waals surface area contributed by atoms with Crippen LogP contribution < -0.4 is 5.43 Å². The van der Waals surface area contributed by atoms with E-state index in [0.717, 1.165) is 21.4 Å². The predicted molar refractivity (Wildman–Crippen MR) is 108 cm³/mol. The molecule has 1 saturated heterocycles. The lowest BCUT2D eigenvalue weighted by atomic mass is 10.1. The summed E-state index contributed by atoms with van der Waals surface area (Å²) in [4.78, 5) is 19.3. The summed E-state index contributed by atoms with van der Waals surface area (Å²) in [5, 5.41) is 1.80. The van der Waals surface area contributed by atoms with Crippen LogP contribution in [0, 0.1) is 6.57 Å². The van der Waals surface area contributed by atoms with Crippen molar-refractivity contribution in [3.05, 3.63) is 58.0 Å². The Morgan fingerprint density at radius 2 is 2.00 bits per heavy atom. The minimum absolute atomic E-state index is 0.0965. The average molecular weight is 431 g/mol. The highest BCUT2D eigenvalue weighted by atomic mass is 79.9. The Hall–Kier alpha value is -2.30. The highest BCUT2D eigenvalue weighted by Gasteiger charge is 2.39. The fourth-order valence-electron chi connectivity index (χ4n) is 3.15. The maximum Gasteiger partial charge on any atom is 0.422 e. The molecular formula is C20H23BrN4O2. The number of hydrazine groups is 1. The summed E-state index contributed by atoms with van der Waals surface area (Å²) in [6.07, 6.45) is 0.150. The number of rotatable bonds is 3. The molecule has 2 aromatic rings. The maximum atomic E-state index is 12.2. The Labute approximate surface area is 167 Å². The summed E-state index contributed by atoms with van der Waals surface area (Å²) in [5.41, 5.74) is 5.29. The highest BCUT2D eigenvalue weighted by Crippen LogP contribution is 2.33. The molecule has 0 saturated carbocycles. The van der Waals surface area contributed by atoms with Gasteiger partial charge < -0.3 is 14.6 Å². The lowest BCUT2D eigenvalue weighted by Crippen LogP contribution is -2.44. The molecule has 2 heterocycles. The van der Waals surface area contributed by atoms with Gasteiger partial charge in [-0.25, -0.2) is 16.4 Å². The van der Waals surface area contributed by atoms with Gasteiger partial charge in [-0.3, -0.25) is 5.43 Å². The van der Waals surface area contributed by atoms with Crippen LogP contribution in [0.5, 0.6) is 0 Å². The standard InChI is InChI=1S/C20H23BrN4O2/c1-20(2,3)27-19(26)24-25-12-15(22-4)11-18(25)17-10-9-16(23-17)13-5-7-14(21)8-6-13/h5-10,15,18,23H,11-12H2,1-3H3,(H,24,26)/t15-,18?/m0/s1. The Kier molecular flexibility index (Phi) is 5.59. The molecule has 1 aliphatic rings. The van der Waals surface area contributed by atoms with E-state index in [1.807, 2.05) is 57.2 Å². The van der Waals surface area contributed by atoms with Gasteiger partial charge in [0.15, 0.2) is 0 Å². The molecular weight excluding hydrogens is 408 g/mol. The van der Waals surface area contributed by atoms with Crippen molar-refractivity contribution in [3.63, 3.8) is 0 Å². The molecule has 1 amide bonds. The van der Waals surface area contributed by atoms with Crippen molar-refractivity contribution in [1.82, 2.24) is 15.4 Å². The van der Waals surface area contributed by atoms with Crippen LogP contribution in [0.1, 0.15) is 38.9 Å². The summed E-state index contributed by atoms with van der Waals surface area (Å²) in [5.74, 6) is 0. The molecule has 2 N–H and O–H groups in total. The van der Waals surface area contributed by atoms with E-state index in [4.69, 9.17) is 11.3 Å². The first-order valence-electron chi connectivity index (χ1n) is 8.83. The van der Waals surface area contributed by atoms with Gasteiger partial charge in [0.1, 0.15) is 5.60 Å². The minimum Gasteiger partial charge on any atom is -0.443 e. The van der Waals surface area contributed by atoms with Gasteiger partial charge in [0.25, 0.3) is 0 Å². The third kappa shape index (κ3) is 4.90. The zero-order valence-electron chi connectivity index (χ0n) is 15.6. The molecule has 0 bridgehead atoms. The second-order valence-corrected chi connectivity index (χ2v) is 8.55. The lowest BCUT2D eigenvalue weighted by Gasteiger charge is -2.26. The van der Waals surface area contributed by atoms with Gasteiger partial charge in [-0.2, -0.15) is 0 Å². The van der Waals surface area contributed by atoms with Crippen molar-refractivity contribution >= 4 is 22.0 Å².